The molecule has 2 amide bonds. The number of anilines is 1. The van der Waals surface area contributed by atoms with Gasteiger partial charge in [0.1, 0.15) is 11.5 Å². The minimum Gasteiger partial charge on any atom is -0.497 e. The summed E-state index contributed by atoms with van der Waals surface area (Å²) in [4.78, 5) is 22.6. The molecule has 1 unspecified atom stereocenters. The second-order valence-electron chi connectivity index (χ2n) is 4.37. The average molecular weight is 296 g/mol. The smallest absolute Gasteiger partial charge is 0.319 e. The number of amides is 2. The highest BCUT2D eigenvalue weighted by atomic mass is 16.5. The molecule has 7 nitrogen and oxygen atoms in total. The average Bonchev–Trinajstić information content (AvgIpc) is 2.45. The van der Waals surface area contributed by atoms with Crippen molar-refractivity contribution in [2.24, 2.45) is 0 Å². The molecule has 0 heterocycles. The molecule has 0 fully saturated rings. The highest BCUT2D eigenvalue weighted by molar-refractivity contribution is 5.91. The molecular weight excluding hydrogens is 276 g/mol. The van der Waals surface area contributed by atoms with Crippen molar-refractivity contribution in [1.82, 2.24) is 5.32 Å². The summed E-state index contributed by atoms with van der Waals surface area (Å²) in [6.45, 7) is 1.81. The number of rotatable bonds is 7. The Balaban J connectivity index is 2.75. The summed E-state index contributed by atoms with van der Waals surface area (Å²) >= 11 is 0. The third-order valence-corrected chi connectivity index (χ3v) is 2.90. The molecule has 116 valence electrons. The van der Waals surface area contributed by atoms with Crippen LogP contribution in [-0.2, 0) is 4.79 Å². The van der Waals surface area contributed by atoms with Gasteiger partial charge in [-0.05, 0) is 18.6 Å². The number of ether oxygens (including phenoxy) is 2. The molecule has 1 rings (SSSR count). The van der Waals surface area contributed by atoms with Crippen LogP contribution in [-0.4, -0.2) is 37.4 Å². The lowest BCUT2D eigenvalue weighted by molar-refractivity contribution is -0.137. The summed E-state index contributed by atoms with van der Waals surface area (Å²) in [5.41, 5.74) is 0.444. The van der Waals surface area contributed by atoms with E-state index < -0.39 is 18.0 Å². The Morgan fingerprint density at radius 1 is 1.29 bits per heavy atom. The fourth-order valence-electron chi connectivity index (χ4n) is 1.76. The van der Waals surface area contributed by atoms with Crippen molar-refractivity contribution in [3.63, 3.8) is 0 Å². The first-order chi connectivity index (χ1) is 9.99. The molecular formula is C14H20N2O5. The largest absolute Gasteiger partial charge is 0.497 e. The number of carbonyl (C=O) groups excluding carboxylic acids is 1. The zero-order valence-corrected chi connectivity index (χ0v) is 12.3. The minimum absolute atomic E-state index is 0.126. The van der Waals surface area contributed by atoms with E-state index in [9.17, 15) is 9.59 Å². The topological polar surface area (TPSA) is 96.9 Å². The van der Waals surface area contributed by atoms with E-state index in [1.165, 1.54) is 14.2 Å². The van der Waals surface area contributed by atoms with Crippen molar-refractivity contribution in [3.05, 3.63) is 18.2 Å². The van der Waals surface area contributed by atoms with Gasteiger partial charge in [-0.2, -0.15) is 0 Å². The first-order valence-electron chi connectivity index (χ1n) is 6.51. The van der Waals surface area contributed by atoms with E-state index in [0.717, 1.165) is 0 Å². The van der Waals surface area contributed by atoms with E-state index in [-0.39, 0.29) is 6.42 Å². The molecule has 1 aromatic carbocycles. The molecule has 0 saturated carbocycles. The zero-order valence-electron chi connectivity index (χ0n) is 12.3. The van der Waals surface area contributed by atoms with Crippen molar-refractivity contribution < 1.29 is 24.2 Å². The van der Waals surface area contributed by atoms with Crippen molar-refractivity contribution in [2.45, 2.75) is 25.8 Å². The van der Waals surface area contributed by atoms with E-state index in [0.29, 0.717) is 23.6 Å². The molecule has 3 N–H and O–H groups in total. The number of aliphatic carboxylic acids is 1. The number of hydrogen-bond acceptors (Lipinski definition) is 4. The Kier molecular flexibility index (Phi) is 6.32. The summed E-state index contributed by atoms with van der Waals surface area (Å²) < 4.78 is 10.2. The highest BCUT2D eigenvalue weighted by Crippen LogP contribution is 2.28. The monoisotopic (exact) mass is 296 g/mol. The van der Waals surface area contributed by atoms with Gasteiger partial charge >= 0.3 is 12.0 Å². The molecule has 0 saturated heterocycles. The molecule has 0 aliphatic carbocycles. The van der Waals surface area contributed by atoms with Crippen molar-refractivity contribution >= 4 is 17.7 Å². The first-order valence-corrected chi connectivity index (χ1v) is 6.51. The van der Waals surface area contributed by atoms with E-state index in [2.05, 4.69) is 10.6 Å². The SMILES string of the molecule is CCC(CC(=O)O)NC(=O)Nc1cc(OC)ccc1OC. The molecule has 21 heavy (non-hydrogen) atoms. The number of carboxylic acids is 1. The fourth-order valence-corrected chi connectivity index (χ4v) is 1.76. The number of methoxy groups -OCH3 is 2. The first kappa shape index (κ1) is 16.6. The van der Waals surface area contributed by atoms with Crippen molar-refractivity contribution in [1.29, 1.82) is 0 Å². The van der Waals surface area contributed by atoms with Gasteiger partial charge in [-0.15, -0.1) is 0 Å². The summed E-state index contributed by atoms with van der Waals surface area (Å²) in [7, 11) is 3.01. The van der Waals surface area contributed by atoms with Gasteiger partial charge in [-0.25, -0.2) is 4.79 Å². The predicted molar refractivity (Wildman–Crippen MR) is 78.0 cm³/mol. The summed E-state index contributed by atoms with van der Waals surface area (Å²) in [6.07, 6.45) is 0.397. The van der Waals surface area contributed by atoms with Gasteiger partial charge in [0.2, 0.25) is 0 Å². The normalized spacial score (nSPS) is 11.4. The van der Waals surface area contributed by atoms with Crippen LogP contribution in [0.15, 0.2) is 18.2 Å². The van der Waals surface area contributed by atoms with Crippen LogP contribution in [0.4, 0.5) is 10.5 Å². The van der Waals surface area contributed by atoms with Crippen LogP contribution in [0.2, 0.25) is 0 Å². The lowest BCUT2D eigenvalue weighted by Crippen LogP contribution is -2.38. The molecule has 0 radical (unpaired) electrons. The number of carboxylic acid groups (broad SMARTS) is 1. The number of urea groups is 1. The Hall–Kier alpha value is -2.44. The van der Waals surface area contributed by atoms with E-state index in [1.54, 1.807) is 25.1 Å². The summed E-state index contributed by atoms with van der Waals surface area (Å²) in [5, 5.41) is 14.0. The number of nitrogens with one attached hydrogen (secondary N) is 2. The van der Waals surface area contributed by atoms with Gasteiger partial charge in [0, 0.05) is 12.1 Å². The Morgan fingerprint density at radius 3 is 2.52 bits per heavy atom. The van der Waals surface area contributed by atoms with Crippen LogP contribution < -0.4 is 20.1 Å². The highest BCUT2D eigenvalue weighted by Gasteiger charge is 2.15. The van der Waals surface area contributed by atoms with Gasteiger partial charge in [-0.3, -0.25) is 4.79 Å². The summed E-state index contributed by atoms with van der Waals surface area (Å²) in [6, 6.07) is 4.08. The fraction of sp³-hybridized carbons (Fsp3) is 0.429. The number of carbonyl (C=O) groups is 2. The maximum Gasteiger partial charge on any atom is 0.319 e. The van der Waals surface area contributed by atoms with Gasteiger partial charge < -0.3 is 25.2 Å². The van der Waals surface area contributed by atoms with Gasteiger partial charge in [0.05, 0.1) is 26.3 Å². The molecule has 1 aromatic rings. The van der Waals surface area contributed by atoms with Crippen molar-refractivity contribution in [3.8, 4) is 11.5 Å². The maximum atomic E-state index is 11.9. The maximum absolute atomic E-state index is 11.9. The van der Waals surface area contributed by atoms with E-state index in [4.69, 9.17) is 14.6 Å². The Bertz CT molecular complexity index is 504. The zero-order chi connectivity index (χ0) is 15.8. The van der Waals surface area contributed by atoms with Crippen LogP contribution in [0.1, 0.15) is 19.8 Å². The lowest BCUT2D eigenvalue weighted by atomic mass is 10.1. The van der Waals surface area contributed by atoms with Crippen molar-refractivity contribution in [2.75, 3.05) is 19.5 Å². The van der Waals surface area contributed by atoms with Gasteiger partial charge in [-0.1, -0.05) is 6.92 Å². The summed E-state index contributed by atoms with van der Waals surface area (Å²) in [5.74, 6) is 0.0991. The Labute approximate surface area is 123 Å². The van der Waals surface area contributed by atoms with E-state index in [1.807, 2.05) is 0 Å². The minimum atomic E-state index is -0.957. The molecule has 0 aliphatic heterocycles. The van der Waals surface area contributed by atoms with Crippen LogP contribution in [0.5, 0.6) is 11.5 Å². The van der Waals surface area contributed by atoms with Gasteiger partial charge in [0.25, 0.3) is 0 Å². The number of benzene rings is 1. The molecule has 7 heteroatoms. The lowest BCUT2D eigenvalue weighted by Gasteiger charge is -2.17. The molecule has 0 aromatic heterocycles. The quantitative estimate of drug-likeness (QED) is 0.715. The van der Waals surface area contributed by atoms with Gasteiger partial charge in [0.15, 0.2) is 0 Å². The second kappa shape index (κ2) is 7.98. The second-order valence-corrected chi connectivity index (χ2v) is 4.37. The molecule has 0 spiro atoms. The third kappa shape index (κ3) is 5.21. The van der Waals surface area contributed by atoms with E-state index >= 15 is 0 Å². The molecule has 0 aliphatic rings. The van der Waals surface area contributed by atoms with Crippen LogP contribution in [0, 0.1) is 0 Å². The predicted octanol–water partition coefficient (Wildman–Crippen LogP) is 2.08. The van der Waals surface area contributed by atoms with Crippen LogP contribution in [0.25, 0.3) is 0 Å². The molecule has 0 bridgehead atoms. The third-order valence-electron chi connectivity index (χ3n) is 2.90. The van der Waals surface area contributed by atoms with Crippen LogP contribution >= 0.6 is 0 Å². The number of hydrogen-bond donors (Lipinski definition) is 3. The standard InChI is InChI=1S/C14H20N2O5/c1-4-9(7-13(17)18)15-14(19)16-11-8-10(20-2)5-6-12(11)21-3/h5-6,8-9H,4,7H2,1-3H3,(H,17,18)(H2,15,16,19). The molecule has 1 atom stereocenters. The van der Waals surface area contributed by atoms with Crippen LogP contribution in [0.3, 0.4) is 0 Å². The Morgan fingerprint density at radius 2 is 2.00 bits per heavy atom.